The molecule has 8 nitrogen and oxygen atoms in total. The maximum absolute atomic E-state index is 13.5. The first-order chi connectivity index (χ1) is 16.2. The minimum atomic E-state index is -4.00. The number of hydrogen-bond donors (Lipinski definition) is 1. The topological polar surface area (TPSA) is 97.3 Å². The second-order valence-electron chi connectivity index (χ2n) is 8.02. The van der Waals surface area contributed by atoms with Crippen molar-refractivity contribution in [2.75, 3.05) is 17.6 Å². The number of ether oxygens (including phenoxy) is 2. The van der Waals surface area contributed by atoms with Crippen molar-refractivity contribution >= 4 is 27.8 Å². The van der Waals surface area contributed by atoms with E-state index in [1.165, 1.54) is 18.3 Å². The average Bonchev–Trinajstić information content (AvgIpc) is 3.26. The number of aryl methyl sites for hydroxylation is 3. The second-order valence-corrected chi connectivity index (χ2v) is 9.88. The van der Waals surface area contributed by atoms with Crippen LogP contribution in [-0.4, -0.2) is 33.9 Å². The number of sulfonamides is 1. The molecule has 3 aromatic rings. The molecule has 0 spiro atoms. The summed E-state index contributed by atoms with van der Waals surface area (Å²) >= 11 is 0. The highest BCUT2D eigenvalue weighted by atomic mass is 32.2. The summed E-state index contributed by atoms with van der Waals surface area (Å²) in [7, 11) is -4.00. The number of benzene rings is 3. The van der Waals surface area contributed by atoms with Gasteiger partial charge in [-0.15, -0.1) is 0 Å². The minimum absolute atomic E-state index is 0.106. The van der Waals surface area contributed by atoms with Crippen molar-refractivity contribution in [2.45, 2.75) is 25.7 Å². The molecule has 0 saturated carbocycles. The van der Waals surface area contributed by atoms with Crippen molar-refractivity contribution in [3.8, 4) is 11.5 Å². The molecule has 1 aliphatic heterocycles. The molecule has 3 aromatic carbocycles. The minimum Gasteiger partial charge on any atom is -0.454 e. The molecule has 1 amide bonds. The van der Waals surface area contributed by atoms with E-state index in [4.69, 9.17) is 9.47 Å². The summed E-state index contributed by atoms with van der Waals surface area (Å²) in [5, 5.41) is 3.97. The molecular weight excluding hydrogens is 454 g/mol. The number of hydrogen-bond acceptors (Lipinski definition) is 6. The van der Waals surface area contributed by atoms with Crippen LogP contribution < -0.4 is 19.2 Å². The molecule has 1 aliphatic rings. The summed E-state index contributed by atoms with van der Waals surface area (Å²) in [6, 6.07) is 17.2. The van der Waals surface area contributed by atoms with Gasteiger partial charge in [0.05, 0.1) is 16.8 Å². The Labute approximate surface area is 198 Å². The third-order valence-corrected chi connectivity index (χ3v) is 7.09. The quantitative estimate of drug-likeness (QED) is 0.412. The SMILES string of the molecule is Cc1ccc(S(=O)(=O)N(CC(=O)N/N=C\c2ccc3c(c2)OCO3)c2ccc(C)cc2C)cc1. The standard InChI is InChI=1S/C25H25N3O5S/c1-17-4-8-21(9-5-17)34(30,31)28(22-10-6-18(2)12-19(22)3)15-25(29)27-26-14-20-7-11-23-24(13-20)33-16-32-23/h4-14H,15-16H2,1-3H3,(H,27,29)/b26-14-. The highest BCUT2D eigenvalue weighted by molar-refractivity contribution is 7.92. The Hall–Kier alpha value is -3.85. The lowest BCUT2D eigenvalue weighted by molar-refractivity contribution is -0.119. The number of carbonyl (C=O) groups is 1. The molecular formula is C25H25N3O5S. The fraction of sp³-hybridized carbons (Fsp3) is 0.200. The zero-order valence-corrected chi connectivity index (χ0v) is 19.9. The number of carbonyl (C=O) groups excluding carboxylic acids is 1. The van der Waals surface area contributed by atoms with E-state index in [0.29, 0.717) is 22.7 Å². The van der Waals surface area contributed by atoms with Crippen LogP contribution in [0.5, 0.6) is 11.5 Å². The van der Waals surface area contributed by atoms with E-state index >= 15 is 0 Å². The van der Waals surface area contributed by atoms with E-state index in [2.05, 4.69) is 10.5 Å². The fourth-order valence-corrected chi connectivity index (χ4v) is 5.05. The van der Waals surface area contributed by atoms with Gasteiger partial charge in [0.1, 0.15) is 6.54 Å². The van der Waals surface area contributed by atoms with Gasteiger partial charge >= 0.3 is 0 Å². The molecule has 1 heterocycles. The first-order valence-electron chi connectivity index (χ1n) is 10.6. The number of amides is 1. The summed E-state index contributed by atoms with van der Waals surface area (Å²) in [4.78, 5) is 12.8. The highest BCUT2D eigenvalue weighted by Crippen LogP contribution is 2.32. The first-order valence-corrected chi connectivity index (χ1v) is 12.1. The number of rotatable bonds is 7. The van der Waals surface area contributed by atoms with Crippen LogP contribution in [0.1, 0.15) is 22.3 Å². The van der Waals surface area contributed by atoms with E-state index in [-0.39, 0.29) is 11.7 Å². The largest absolute Gasteiger partial charge is 0.454 e. The summed E-state index contributed by atoms with van der Waals surface area (Å²) in [6.07, 6.45) is 1.45. The average molecular weight is 480 g/mol. The maximum atomic E-state index is 13.5. The van der Waals surface area contributed by atoms with Gasteiger partial charge < -0.3 is 9.47 Å². The van der Waals surface area contributed by atoms with Crippen molar-refractivity contribution in [2.24, 2.45) is 5.10 Å². The van der Waals surface area contributed by atoms with Crippen LogP contribution in [-0.2, 0) is 14.8 Å². The van der Waals surface area contributed by atoms with Gasteiger partial charge in [0.2, 0.25) is 6.79 Å². The molecule has 0 aromatic heterocycles. The first kappa shape index (κ1) is 23.3. The van der Waals surface area contributed by atoms with Crippen molar-refractivity contribution in [3.05, 3.63) is 82.9 Å². The maximum Gasteiger partial charge on any atom is 0.264 e. The molecule has 0 radical (unpaired) electrons. The van der Waals surface area contributed by atoms with E-state index < -0.39 is 22.5 Å². The summed E-state index contributed by atoms with van der Waals surface area (Å²) < 4.78 is 38.7. The van der Waals surface area contributed by atoms with Crippen molar-refractivity contribution < 1.29 is 22.7 Å². The Morgan fingerprint density at radius 2 is 1.68 bits per heavy atom. The van der Waals surface area contributed by atoms with Crippen molar-refractivity contribution in [1.29, 1.82) is 0 Å². The fourth-order valence-electron chi connectivity index (χ4n) is 3.56. The molecule has 9 heteroatoms. The molecule has 176 valence electrons. The van der Waals surface area contributed by atoms with Gasteiger partial charge in [0, 0.05) is 0 Å². The molecule has 0 atom stereocenters. The lowest BCUT2D eigenvalue weighted by Gasteiger charge is -2.25. The van der Waals surface area contributed by atoms with Crippen LogP contribution >= 0.6 is 0 Å². The number of fused-ring (bicyclic) bond motifs is 1. The Kier molecular flexibility index (Phi) is 6.56. The Morgan fingerprint density at radius 3 is 2.41 bits per heavy atom. The normalized spacial score (nSPS) is 12.7. The number of nitrogens with one attached hydrogen (secondary N) is 1. The van der Waals surface area contributed by atoms with Gasteiger partial charge in [-0.1, -0.05) is 35.4 Å². The number of hydrazone groups is 1. The summed E-state index contributed by atoms with van der Waals surface area (Å²) in [6.45, 7) is 5.35. The molecule has 0 unspecified atom stereocenters. The van der Waals surface area contributed by atoms with E-state index in [1.807, 2.05) is 32.9 Å². The van der Waals surface area contributed by atoms with Crippen molar-refractivity contribution in [1.82, 2.24) is 5.43 Å². The van der Waals surface area contributed by atoms with Crippen LogP contribution in [0.4, 0.5) is 5.69 Å². The summed E-state index contributed by atoms with van der Waals surface area (Å²) in [5.74, 6) is 0.666. The molecule has 0 bridgehead atoms. The molecule has 34 heavy (non-hydrogen) atoms. The van der Waals surface area contributed by atoms with E-state index in [0.717, 1.165) is 21.0 Å². The molecule has 0 aliphatic carbocycles. The lowest BCUT2D eigenvalue weighted by Crippen LogP contribution is -2.40. The Balaban J connectivity index is 1.56. The number of nitrogens with zero attached hydrogens (tertiary/aromatic N) is 2. The van der Waals surface area contributed by atoms with Crippen LogP contribution in [0.2, 0.25) is 0 Å². The van der Waals surface area contributed by atoms with E-state index in [9.17, 15) is 13.2 Å². The van der Waals surface area contributed by atoms with Crippen LogP contribution in [0.15, 0.2) is 70.7 Å². The van der Waals surface area contributed by atoms with Crippen LogP contribution in [0.25, 0.3) is 0 Å². The predicted octanol–water partition coefficient (Wildman–Crippen LogP) is 3.69. The van der Waals surface area contributed by atoms with Gasteiger partial charge in [-0.2, -0.15) is 5.10 Å². The van der Waals surface area contributed by atoms with Crippen molar-refractivity contribution in [3.63, 3.8) is 0 Å². The highest BCUT2D eigenvalue weighted by Gasteiger charge is 2.28. The second kappa shape index (κ2) is 9.56. The smallest absolute Gasteiger partial charge is 0.264 e. The Bertz CT molecular complexity index is 1350. The van der Waals surface area contributed by atoms with Crippen LogP contribution in [0, 0.1) is 20.8 Å². The molecule has 0 fully saturated rings. The van der Waals surface area contributed by atoms with Gasteiger partial charge in [-0.05, 0) is 68.3 Å². The molecule has 4 rings (SSSR count). The Morgan fingerprint density at radius 1 is 0.971 bits per heavy atom. The number of anilines is 1. The van der Waals surface area contributed by atoms with E-state index in [1.54, 1.807) is 36.4 Å². The molecule has 1 N–H and O–H groups in total. The third kappa shape index (κ3) is 5.04. The van der Waals surface area contributed by atoms with Gasteiger partial charge in [-0.3, -0.25) is 9.10 Å². The van der Waals surface area contributed by atoms with Gasteiger partial charge in [-0.25, -0.2) is 13.8 Å². The van der Waals surface area contributed by atoms with Gasteiger partial charge in [0.15, 0.2) is 11.5 Å². The van der Waals surface area contributed by atoms with Gasteiger partial charge in [0.25, 0.3) is 15.9 Å². The molecule has 0 saturated heterocycles. The third-order valence-electron chi connectivity index (χ3n) is 5.32. The monoisotopic (exact) mass is 479 g/mol. The predicted molar refractivity (Wildman–Crippen MR) is 130 cm³/mol. The zero-order chi connectivity index (χ0) is 24.3. The zero-order valence-electron chi connectivity index (χ0n) is 19.1. The summed E-state index contributed by atoms with van der Waals surface area (Å²) in [5.41, 5.74) is 6.22. The van der Waals surface area contributed by atoms with Crippen LogP contribution in [0.3, 0.4) is 0 Å². The lowest BCUT2D eigenvalue weighted by atomic mass is 10.1.